The summed E-state index contributed by atoms with van der Waals surface area (Å²) in [5, 5.41) is 14.0. The maximum atomic E-state index is 12.7. The molecule has 3 N–H and O–H groups in total. The average Bonchev–Trinajstić information content (AvgIpc) is 2.50. The van der Waals surface area contributed by atoms with Gasteiger partial charge in [-0.25, -0.2) is 0 Å². The SMILES string of the molecule is CNC(=O)c1c(I)c(NC(C)=O)c(I)c(C(=O)N(C)CC(=O)O)c1I. The topological polar surface area (TPSA) is 116 Å². The van der Waals surface area contributed by atoms with E-state index in [0.717, 1.165) is 4.90 Å². The number of benzene rings is 1. The third kappa shape index (κ3) is 5.15. The van der Waals surface area contributed by atoms with Crippen LogP contribution in [0.3, 0.4) is 0 Å². The smallest absolute Gasteiger partial charge is 0.323 e. The fourth-order valence-electron chi connectivity index (χ4n) is 1.93. The van der Waals surface area contributed by atoms with Gasteiger partial charge in [0.1, 0.15) is 6.54 Å². The second-order valence-corrected chi connectivity index (χ2v) is 8.12. The molecule has 0 radical (unpaired) electrons. The van der Waals surface area contributed by atoms with E-state index in [1.165, 1.54) is 21.0 Å². The van der Waals surface area contributed by atoms with E-state index in [1.54, 1.807) is 0 Å². The van der Waals surface area contributed by atoms with Crippen molar-refractivity contribution in [3.05, 3.63) is 21.8 Å². The maximum Gasteiger partial charge on any atom is 0.323 e. The van der Waals surface area contributed by atoms with E-state index in [2.05, 4.69) is 10.6 Å². The molecule has 0 aliphatic carbocycles. The molecule has 0 atom stereocenters. The largest absolute Gasteiger partial charge is 0.480 e. The number of aliphatic carboxylic acids is 1. The summed E-state index contributed by atoms with van der Waals surface area (Å²) in [4.78, 5) is 48.5. The Morgan fingerprint density at radius 3 is 2.00 bits per heavy atom. The Hall–Kier alpha value is -0.710. The van der Waals surface area contributed by atoms with Gasteiger partial charge in [-0.15, -0.1) is 0 Å². The van der Waals surface area contributed by atoms with Crippen molar-refractivity contribution in [3.8, 4) is 0 Å². The van der Waals surface area contributed by atoms with Gasteiger partial charge < -0.3 is 20.6 Å². The molecule has 25 heavy (non-hydrogen) atoms. The molecule has 0 bridgehead atoms. The molecule has 136 valence electrons. The van der Waals surface area contributed by atoms with E-state index in [0.29, 0.717) is 16.4 Å². The minimum absolute atomic E-state index is 0.174. The number of rotatable bonds is 5. The number of halogens is 3. The second-order valence-electron chi connectivity index (χ2n) is 4.88. The molecule has 0 aliphatic heterocycles. The van der Waals surface area contributed by atoms with E-state index < -0.39 is 24.3 Å². The van der Waals surface area contributed by atoms with Gasteiger partial charge in [-0.2, -0.15) is 0 Å². The van der Waals surface area contributed by atoms with E-state index in [-0.39, 0.29) is 17.0 Å². The summed E-state index contributed by atoms with van der Waals surface area (Å²) in [5.41, 5.74) is 0.771. The van der Waals surface area contributed by atoms with Gasteiger partial charge in [0.25, 0.3) is 11.8 Å². The summed E-state index contributed by atoms with van der Waals surface area (Å²) in [6.45, 7) is 0.837. The number of carbonyl (C=O) groups is 4. The predicted octanol–water partition coefficient (Wildman–Crippen LogP) is 1.97. The Bertz CT molecular complexity index is 767. The molecule has 0 saturated heterocycles. The van der Waals surface area contributed by atoms with Gasteiger partial charge in [-0.1, -0.05) is 0 Å². The summed E-state index contributed by atoms with van der Waals surface area (Å²) < 4.78 is 1.33. The Morgan fingerprint density at radius 1 is 1.04 bits per heavy atom. The third-order valence-electron chi connectivity index (χ3n) is 3.01. The van der Waals surface area contributed by atoms with Crippen molar-refractivity contribution in [2.24, 2.45) is 0 Å². The van der Waals surface area contributed by atoms with Gasteiger partial charge in [-0.05, 0) is 67.8 Å². The summed E-state index contributed by atoms with van der Waals surface area (Å²) in [7, 11) is 2.82. The molecular weight excluding hydrogens is 671 g/mol. The molecular formula is C14H14I3N3O5. The van der Waals surface area contributed by atoms with Crippen LogP contribution in [0.25, 0.3) is 0 Å². The molecule has 0 unspecified atom stereocenters. The van der Waals surface area contributed by atoms with Crippen molar-refractivity contribution in [1.29, 1.82) is 0 Å². The minimum Gasteiger partial charge on any atom is -0.480 e. The highest BCUT2D eigenvalue weighted by atomic mass is 127. The Labute approximate surface area is 184 Å². The quantitative estimate of drug-likeness (QED) is 0.411. The lowest BCUT2D eigenvalue weighted by molar-refractivity contribution is -0.137. The number of anilines is 1. The van der Waals surface area contributed by atoms with Crippen molar-refractivity contribution < 1.29 is 24.3 Å². The number of carbonyl (C=O) groups excluding carboxylic acids is 3. The monoisotopic (exact) mass is 685 g/mol. The average molecular weight is 685 g/mol. The highest BCUT2D eigenvalue weighted by Gasteiger charge is 2.29. The highest BCUT2D eigenvalue weighted by molar-refractivity contribution is 14.1. The molecule has 11 heteroatoms. The van der Waals surface area contributed by atoms with Crippen molar-refractivity contribution in [1.82, 2.24) is 10.2 Å². The van der Waals surface area contributed by atoms with Crippen molar-refractivity contribution in [2.45, 2.75) is 6.92 Å². The molecule has 0 saturated carbocycles. The molecule has 0 heterocycles. The molecule has 1 aromatic carbocycles. The Morgan fingerprint density at radius 2 is 1.56 bits per heavy atom. The predicted molar refractivity (Wildman–Crippen MR) is 117 cm³/mol. The van der Waals surface area contributed by atoms with Gasteiger partial charge in [0.15, 0.2) is 0 Å². The number of hydrogen-bond donors (Lipinski definition) is 3. The highest BCUT2D eigenvalue weighted by Crippen LogP contribution is 2.36. The van der Waals surface area contributed by atoms with E-state index in [4.69, 9.17) is 5.11 Å². The Kier molecular flexibility index (Phi) is 8.30. The lowest BCUT2D eigenvalue weighted by Crippen LogP contribution is -2.34. The number of nitrogens with zero attached hydrogens (tertiary/aromatic N) is 1. The zero-order valence-corrected chi connectivity index (χ0v) is 19.8. The first-order valence-electron chi connectivity index (χ1n) is 6.70. The lowest BCUT2D eigenvalue weighted by Gasteiger charge is -2.21. The second kappa shape index (κ2) is 9.29. The number of hydrogen-bond acceptors (Lipinski definition) is 4. The van der Waals surface area contributed by atoms with E-state index >= 15 is 0 Å². The first-order valence-corrected chi connectivity index (χ1v) is 9.93. The lowest BCUT2D eigenvalue weighted by atomic mass is 10.1. The van der Waals surface area contributed by atoms with Crippen LogP contribution < -0.4 is 10.6 Å². The zero-order valence-electron chi connectivity index (χ0n) is 13.4. The molecule has 0 aromatic heterocycles. The van der Waals surface area contributed by atoms with Crippen LogP contribution in [0.2, 0.25) is 0 Å². The molecule has 0 spiro atoms. The van der Waals surface area contributed by atoms with Crippen molar-refractivity contribution in [3.63, 3.8) is 0 Å². The minimum atomic E-state index is -1.15. The molecule has 1 rings (SSSR count). The van der Waals surface area contributed by atoms with Gasteiger partial charge >= 0.3 is 5.97 Å². The molecule has 1 aromatic rings. The first-order chi connectivity index (χ1) is 11.5. The summed E-state index contributed by atoms with van der Waals surface area (Å²) in [6.07, 6.45) is 0. The van der Waals surface area contributed by atoms with Crippen LogP contribution in [0.4, 0.5) is 5.69 Å². The summed E-state index contributed by atoms with van der Waals surface area (Å²) >= 11 is 5.73. The van der Waals surface area contributed by atoms with Gasteiger partial charge in [-0.3, -0.25) is 19.2 Å². The van der Waals surface area contributed by atoms with Gasteiger partial charge in [0, 0.05) is 24.6 Å². The van der Waals surface area contributed by atoms with Crippen LogP contribution in [-0.2, 0) is 9.59 Å². The zero-order chi connectivity index (χ0) is 19.5. The summed E-state index contributed by atoms with van der Waals surface area (Å²) in [5.74, 6) is -2.46. The number of nitrogens with one attached hydrogen (secondary N) is 2. The molecule has 3 amide bonds. The fourth-order valence-corrected chi connectivity index (χ4v) is 6.31. The third-order valence-corrected chi connectivity index (χ3v) is 6.24. The number of amides is 3. The standard InChI is InChI=1S/C14H14I3N3O5/c1-5(21)19-12-10(16)7(13(24)18-2)9(15)8(11(12)17)14(25)20(3)4-6(22)23/h4H2,1-3H3,(H,18,24)(H,19,21)(H,22,23). The Balaban J connectivity index is 3.71. The van der Waals surface area contributed by atoms with Crippen LogP contribution in [-0.4, -0.2) is 54.3 Å². The molecule has 0 fully saturated rings. The van der Waals surface area contributed by atoms with Crippen LogP contribution >= 0.6 is 67.8 Å². The van der Waals surface area contributed by atoms with E-state index in [1.807, 2.05) is 67.8 Å². The van der Waals surface area contributed by atoms with Crippen LogP contribution in [0.15, 0.2) is 0 Å². The number of likely N-dealkylation sites (N-methyl/N-ethyl adjacent to an activating group) is 1. The van der Waals surface area contributed by atoms with Crippen molar-refractivity contribution in [2.75, 3.05) is 26.0 Å². The molecule has 8 nitrogen and oxygen atoms in total. The van der Waals surface area contributed by atoms with E-state index in [9.17, 15) is 19.2 Å². The number of carboxylic acid groups (broad SMARTS) is 1. The van der Waals surface area contributed by atoms with Crippen LogP contribution in [0.5, 0.6) is 0 Å². The van der Waals surface area contributed by atoms with Gasteiger partial charge in [0.05, 0.1) is 24.0 Å². The van der Waals surface area contributed by atoms with Crippen LogP contribution in [0, 0.1) is 10.7 Å². The number of carboxylic acids is 1. The maximum absolute atomic E-state index is 12.7. The molecule has 0 aliphatic rings. The normalized spacial score (nSPS) is 10.2. The fraction of sp³-hybridized carbons (Fsp3) is 0.286. The van der Waals surface area contributed by atoms with Crippen LogP contribution in [0.1, 0.15) is 27.6 Å². The van der Waals surface area contributed by atoms with Gasteiger partial charge in [0.2, 0.25) is 5.91 Å². The summed E-state index contributed by atoms with van der Waals surface area (Å²) in [6, 6.07) is 0. The first kappa shape index (κ1) is 22.3. The van der Waals surface area contributed by atoms with Crippen molar-refractivity contribution >= 4 is 97.2 Å².